The largest absolute Gasteiger partial charge is 0.494 e. The number of fused-ring (bicyclic) bond motifs is 1. The Kier molecular flexibility index (Phi) is 7.66. The van der Waals surface area contributed by atoms with Gasteiger partial charge in [0.15, 0.2) is 0 Å². The van der Waals surface area contributed by atoms with Crippen LogP contribution in [0.5, 0.6) is 5.75 Å². The van der Waals surface area contributed by atoms with Crippen LogP contribution in [0.2, 0.25) is 0 Å². The molecule has 4 heteroatoms. The number of hydrogen-bond acceptors (Lipinski definition) is 3. The molecule has 26 heavy (non-hydrogen) atoms. The Bertz CT molecular complexity index is 580. The monoisotopic (exact) mass is 380 g/mol. The van der Waals surface area contributed by atoms with Crippen molar-refractivity contribution in [2.24, 2.45) is 17.1 Å². The van der Waals surface area contributed by atoms with E-state index in [-0.39, 0.29) is 12.4 Å². The van der Waals surface area contributed by atoms with Gasteiger partial charge in [0.05, 0.1) is 6.61 Å². The second-order valence-electron chi connectivity index (χ2n) is 8.57. The van der Waals surface area contributed by atoms with E-state index < -0.39 is 0 Å². The Balaban J connectivity index is 0.00000243. The van der Waals surface area contributed by atoms with Gasteiger partial charge in [-0.1, -0.05) is 0 Å². The zero-order valence-electron chi connectivity index (χ0n) is 16.8. The number of rotatable bonds is 7. The molecule has 1 aromatic carbocycles. The van der Waals surface area contributed by atoms with Crippen LogP contribution in [0.1, 0.15) is 70.4 Å². The summed E-state index contributed by atoms with van der Waals surface area (Å²) in [5.74, 6) is 2.02. The molecular weight excluding hydrogens is 344 g/mol. The van der Waals surface area contributed by atoms with Crippen LogP contribution in [-0.4, -0.2) is 19.2 Å². The quantitative estimate of drug-likeness (QED) is 0.670. The van der Waals surface area contributed by atoms with Crippen LogP contribution in [0.3, 0.4) is 0 Å². The molecule has 1 aromatic rings. The van der Waals surface area contributed by atoms with Crippen molar-refractivity contribution in [1.82, 2.24) is 0 Å². The Morgan fingerprint density at radius 1 is 1.23 bits per heavy atom. The van der Waals surface area contributed by atoms with E-state index in [4.69, 9.17) is 10.5 Å². The number of nitrogens with two attached hydrogens (primary N) is 1. The molecule has 0 aliphatic heterocycles. The molecule has 1 fully saturated rings. The number of anilines is 1. The summed E-state index contributed by atoms with van der Waals surface area (Å²) in [4.78, 5) is 0. The predicted molar refractivity (Wildman–Crippen MR) is 114 cm³/mol. The molecule has 0 bridgehead atoms. The van der Waals surface area contributed by atoms with E-state index >= 15 is 0 Å². The molecule has 3 nitrogen and oxygen atoms in total. The van der Waals surface area contributed by atoms with Gasteiger partial charge in [-0.15, -0.1) is 12.4 Å². The van der Waals surface area contributed by atoms with Crippen LogP contribution in [0.4, 0.5) is 5.69 Å². The van der Waals surface area contributed by atoms with E-state index in [1.54, 1.807) is 0 Å². The number of nitrogens with one attached hydrogen (secondary N) is 1. The lowest BCUT2D eigenvalue weighted by Crippen LogP contribution is -2.28. The molecule has 0 amide bonds. The van der Waals surface area contributed by atoms with Gasteiger partial charge in [0.25, 0.3) is 0 Å². The van der Waals surface area contributed by atoms with Crippen molar-refractivity contribution in [3.63, 3.8) is 0 Å². The first-order valence-corrected chi connectivity index (χ1v) is 10.3. The fourth-order valence-corrected chi connectivity index (χ4v) is 4.94. The molecule has 0 aromatic heterocycles. The summed E-state index contributed by atoms with van der Waals surface area (Å²) in [5.41, 5.74) is 10.4. The molecular formula is C22H37ClN2O. The first-order chi connectivity index (χ1) is 12.0. The fourth-order valence-electron chi connectivity index (χ4n) is 4.94. The van der Waals surface area contributed by atoms with Gasteiger partial charge in [0, 0.05) is 17.8 Å². The standard InChI is InChI=1S/C22H36N2O.ClH/c1-4-25-21-13-19(24-16(2)3)12-18-14-22(15-20(18)21)9-7-17(8-10-22)6-5-11-23;/h12-13,16-17,24H,4-11,14-15,23H2,1-3H3;1H. The van der Waals surface area contributed by atoms with Crippen molar-refractivity contribution in [3.8, 4) is 5.75 Å². The predicted octanol–water partition coefficient (Wildman–Crippen LogP) is 5.34. The second kappa shape index (κ2) is 9.32. The summed E-state index contributed by atoms with van der Waals surface area (Å²) in [6, 6.07) is 5.04. The van der Waals surface area contributed by atoms with Gasteiger partial charge >= 0.3 is 0 Å². The van der Waals surface area contributed by atoms with Crippen molar-refractivity contribution < 1.29 is 4.74 Å². The number of benzene rings is 1. The third kappa shape index (κ3) is 4.86. The summed E-state index contributed by atoms with van der Waals surface area (Å²) in [6.07, 6.45) is 10.5. The van der Waals surface area contributed by atoms with Gasteiger partial charge in [-0.25, -0.2) is 0 Å². The lowest BCUT2D eigenvalue weighted by molar-refractivity contribution is 0.153. The highest BCUT2D eigenvalue weighted by molar-refractivity contribution is 5.85. The SMILES string of the molecule is CCOc1cc(NC(C)C)cc2c1CC1(CCC(CCCN)CC1)C2.Cl. The van der Waals surface area contributed by atoms with Gasteiger partial charge in [-0.3, -0.25) is 0 Å². The molecule has 1 spiro atoms. The Hall–Kier alpha value is -0.930. The van der Waals surface area contributed by atoms with Crippen molar-refractivity contribution >= 4 is 18.1 Å². The lowest BCUT2D eigenvalue weighted by atomic mass is 9.68. The van der Waals surface area contributed by atoms with Crippen LogP contribution in [0, 0.1) is 11.3 Å². The Morgan fingerprint density at radius 3 is 2.58 bits per heavy atom. The van der Waals surface area contributed by atoms with E-state index in [2.05, 4.69) is 38.2 Å². The average Bonchev–Trinajstić information content (AvgIpc) is 2.92. The van der Waals surface area contributed by atoms with E-state index in [9.17, 15) is 0 Å². The van der Waals surface area contributed by atoms with Crippen LogP contribution in [0.25, 0.3) is 0 Å². The molecule has 2 aliphatic carbocycles. The first-order valence-electron chi connectivity index (χ1n) is 10.3. The van der Waals surface area contributed by atoms with E-state index in [1.165, 1.54) is 68.2 Å². The van der Waals surface area contributed by atoms with Crippen LogP contribution in [0.15, 0.2) is 12.1 Å². The van der Waals surface area contributed by atoms with Crippen LogP contribution in [-0.2, 0) is 12.8 Å². The molecule has 3 rings (SSSR count). The Morgan fingerprint density at radius 2 is 1.96 bits per heavy atom. The molecule has 0 heterocycles. The lowest BCUT2D eigenvalue weighted by Gasteiger charge is -2.37. The van der Waals surface area contributed by atoms with Gasteiger partial charge < -0.3 is 15.8 Å². The third-order valence-electron chi connectivity index (χ3n) is 6.16. The van der Waals surface area contributed by atoms with Crippen molar-refractivity contribution in [3.05, 3.63) is 23.3 Å². The second-order valence-corrected chi connectivity index (χ2v) is 8.57. The van der Waals surface area contributed by atoms with Gasteiger partial charge in [0.1, 0.15) is 5.75 Å². The molecule has 3 N–H and O–H groups in total. The van der Waals surface area contributed by atoms with E-state index in [0.29, 0.717) is 11.5 Å². The minimum atomic E-state index is 0. The number of hydrogen-bond donors (Lipinski definition) is 2. The highest BCUT2D eigenvalue weighted by atomic mass is 35.5. The molecule has 148 valence electrons. The van der Waals surface area contributed by atoms with Crippen LogP contribution >= 0.6 is 12.4 Å². The topological polar surface area (TPSA) is 47.3 Å². The van der Waals surface area contributed by atoms with Gasteiger partial charge in [-0.2, -0.15) is 0 Å². The van der Waals surface area contributed by atoms with Crippen molar-refractivity contribution in [2.75, 3.05) is 18.5 Å². The van der Waals surface area contributed by atoms with Crippen molar-refractivity contribution in [1.29, 1.82) is 0 Å². The summed E-state index contributed by atoms with van der Waals surface area (Å²) >= 11 is 0. The van der Waals surface area contributed by atoms with E-state index in [1.807, 2.05) is 0 Å². The molecule has 2 aliphatic rings. The van der Waals surface area contributed by atoms with Gasteiger partial charge in [-0.05, 0) is 107 Å². The smallest absolute Gasteiger partial charge is 0.124 e. The maximum absolute atomic E-state index is 6.03. The first kappa shape index (κ1) is 21.4. The average molecular weight is 381 g/mol. The van der Waals surface area contributed by atoms with Crippen LogP contribution < -0.4 is 15.8 Å². The minimum Gasteiger partial charge on any atom is -0.494 e. The number of halogens is 1. The molecule has 0 atom stereocenters. The van der Waals surface area contributed by atoms with Crippen molar-refractivity contribution in [2.45, 2.75) is 78.2 Å². The Labute approximate surface area is 165 Å². The normalized spacial score (nSPS) is 24.4. The summed E-state index contributed by atoms with van der Waals surface area (Å²) in [5, 5.41) is 3.56. The molecule has 0 saturated heterocycles. The highest BCUT2D eigenvalue weighted by Crippen LogP contribution is 2.51. The summed E-state index contributed by atoms with van der Waals surface area (Å²) in [6.45, 7) is 8.06. The zero-order valence-corrected chi connectivity index (χ0v) is 17.6. The number of ether oxygens (including phenoxy) is 1. The highest BCUT2D eigenvalue weighted by Gasteiger charge is 2.41. The maximum atomic E-state index is 6.03. The summed E-state index contributed by atoms with van der Waals surface area (Å²) in [7, 11) is 0. The van der Waals surface area contributed by atoms with E-state index in [0.717, 1.165) is 24.8 Å². The molecule has 1 saturated carbocycles. The third-order valence-corrected chi connectivity index (χ3v) is 6.16. The molecule has 0 radical (unpaired) electrons. The summed E-state index contributed by atoms with van der Waals surface area (Å²) < 4.78 is 6.03. The van der Waals surface area contributed by atoms with Gasteiger partial charge in [0.2, 0.25) is 0 Å². The minimum absolute atomic E-state index is 0. The zero-order chi connectivity index (χ0) is 17.9. The fraction of sp³-hybridized carbons (Fsp3) is 0.727. The molecule has 0 unspecified atom stereocenters. The maximum Gasteiger partial charge on any atom is 0.124 e.